The molecule has 0 bridgehead atoms. The van der Waals surface area contributed by atoms with Crippen molar-refractivity contribution in [1.29, 1.82) is 0 Å². The van der Waals surface area contributed by atoms with Gasteiger partial charge in [-0.3, -0.25) is 4.79 Å². The van der Waals surface area contributed by atoms with Gasteiger partial charge in [-0.1, -0.05) is 25.1 Å². The number of benzene rings is 1. The highest BCUT2D eigenvalue weighted by molar-refractivity contribution is 5.70. The first-order chi connectivity index (χ1) is 7.15. The minimum atomic E-state index is -0.800. The van der Waals surface area contributed by atoms with E-state index in [1.165, 1.54) is 0 Å². The Morgan fingerprint density at radius 1 is 1.47 bits per heavy atom. The zero-order valence-corrected chi connectivity index (χ0v) is 9.06. The molecule has 1 unspecified atom stereocenters. The van der Waals surface area contributed by atoms with Crippen LogP contribution >= 0.6 is 0 Å². The van der Waals surface area contributed by atoms with Gasteiger partial charge in [0.25, 0.3) is 0 Å². The fourth-order valence-corrected chi connectivity index (χ4v) is 1.27. The molecule has 0 radical (unpaired) electrons. The second-order valence-electron chi connectivity index (χ2n) is 3.52. The van der Waals surface area contributed by atoms with Crippen molar-refractivity contribution >= 4 is 5.97 Å². The van der Waals surface area contributed by atoms with E-state index in [9.17, 15) is 4.79 Å². The van der Waals surface area contributed by atoms with Crippen LogP contribution in [-0.2, 0) is 4.79 Å². The fraction of sp³-hybridized carbons (Fsp3) is 0.417. The Labute approximate surface area is 89.7 Å². The van der Waals surface area contributed by atoms with E-state index in [4.69, 9.17) is 9.84 Å². The highest BCUT2D eigenvalue weighted by Crippen LogP contribution is 2.17. The van der Waals surface area contributed by atoms with E-state index in [0.29, 0.717) is 6.42 Å². The third kappa shape index (κ3) is 3.27. The predicted octanol–water partition coefficient (Wildman–Crippen LogP) is 2.48. The van der Waals surface area contributed by atoms with Crippen molar-refractivity contribution in [3.05, 3.63) is 29.8 Å². The maximum absolute atomic E-state index is 10.8. The summed E-state index contributed by atoms with van der Waals surface area (Å²) < 4.78 is 5.47. The van der Waals surface area contributed by atoms with Gasteiger partial charge in [-0.15, -0.1) is 0 Å². The van der Waals surface area contributed by atoms with Crippen LogP contribution in [0.15, 0.2) is 24.3 Å². The van der Waals surface area contributed by atoms with E-state index in [2.05, 4.69) is 0 Å². The summed E-state index contributed by atoms with van der Waals surface area (Å²) in [6.45, 7) is 4.02. The molecule has 3 nitrogen and oxygen atoms in total. The maximum Gasteiger partial charge on any atom is 0.309 e. The van der Waals surface area contributed by atoms with Crippen molar-refractivity contribution in [1.82, 2.24) is 0 Å². The Hall–Kier alpha value is -1.51. The lowest BCUT2D eigenvalue weighted by atomic mass is 10.1. The average Bonchev–Trinajstić information content (AvgIpc) is 2.21. The second kappa shape index (κ2) is 5.39. The number of rotatable bonds is 5. The van der Waals surface area contributed by atoms with Gasteiger partial charge in [0, 0.05) is 0 Å². The van der Waals surface area contributed by atoms with Crippen LogP contribution in [0.4, 0.5) is 0 Å². The van der Waals surface area contributed by atoms with Crippen molar-refractivity contribution in [2.24, 2.45) is 5.92 Å². The Balaban J connectivity index is 2.56. The summed E-state index contributed by atoms with van der Waals surface area (Å²) in [6.07, 6.45) is 0.585. The number of carboxylic acid groups (broad SMARTS) is 1. The Morgan fingerprint density at radius 3 is 2.67 bits per heavy atom. The molecule has 1 aromatic carbocycles. The van der Waals surface area contributed by atoms with Crippen molar-refractivity contribution < 1.29 is 14.6 Å². The van der Waals surface area contributed by atoms with Gasteiger partial charge in [0.05, 0.1) is 5.92 Å². The molecule has 0 fully saturated rings. The third-order valence-corrected chi connectivity index (χ3v) is 2.38. The van der Waals surface area contributed by atoms with Gasteiger partial charge in [-0.2, -0.15) is 0 Å². The Kier molecular flexibility index (Phi) is 4.16. The smallest absolute Gasteiger partial charge is 0.309 e. The van der Waals surface area contributed by atoms with Gasteiger partial charge in [-0.25, -0.2) is 0 Å². The summed E-state index contributed by atoms with van der Waals surface area (Å²) in [5.41, 5.74) is 1.03. The molecule has 0 aliphatic rings. The van der Waals surface area contributed by atoms with Crippen LogP contribution in [0.3, 0.4) is 0 Å². The molecular formula is C12H16O3. The SMILES string of the molecule is CCC(COc1ccccc1C)C(=O)O. The number of hydrogen-bond acceptors (Lipinski definition) is 2. The molecular weight excluding hydrogens is 192 g/mol. The molecule has 0 spiro atoms. The highest BCUT2D eigenvalue weighted by atomic mass is 16.5. The van der Waals surface area contributed by atoms with Gasteiger partial charge in [0.2, 0.25) is 0 Å². The highest BCUT2D eigenvalue weighted by Gasteiger charge is 2.15. The molecule has 15 heavy (non-hydrogen) atoms. The van der Waals surface area contributed by atoms with Crippen LogP contribution in [0.25, 0.3) is 0 Å². The molecule has 0 heterocycles. The number of hydrogen-bond donors (Lipinski definition) is 1. The van der Waals surface area contributed by atoms with Crippen LogP contribution < -0.4 is 4.74 Å². The number of ether oxygens (including phenoxy) is 1. The van der Waals surface area contributed by atoms with Crippen LogP contribution in [0.5, 0.6) is 5.75 Å². The normalized spacial score (nSPS) is 12.1. The summed E-state index contributed by atoms with van der Waals surface area (Å²) in [5.74, 6) is -0.465. The summed E-state index contributed by atoms with van der Waals surface area (Å²) in [7, 11) is 0. The Morgan fingerprint density at radius 2 is 2.13 bits per heavy atom. The number of carbonyl (C=O) groups is 1. The molecule has 82 valence electrons. The van der Waals surface area contributed by atoms with Crippen molar-refractivity contribution in [3.63, 3.8) is 0 Å². The average molecular weight is 208 g/mol. The van der Waals surface area contributed by atoms with E-state index in [0.717, 1.165) is 11.3 Å². The summed E-state index contributed by atoms with van der Waals surface area (Å²) in [4.78, 5) is 10.8. The fourth-order valence-electron chi connectivity index (χ4n) is 1.27. The lowest BCUT2D eigenvalue weighted by molar-refractivity contribution is -0.142. The molecule has 1 N–H and O–H groups in total. The van der Waals surface area contributed by atoms with Crippen molar-refractivity contribution in [2.45, 2.75) is 20.3 Å². The van der Waals surface area contributed by atoms with E-state index in [1.54, 1.807) is 0 Å². The lowest BCUT2D eigenvalue weighted by Gasteiger charge is -2.13. The topological polar surface area (TPSA) is 46.5 Å². The van der Waals surface area contributed by atoms with Crippen molar-refractivity contribution in [2.75, 3.05) is 6.61 Å². The molecule has 0 amide bonds. The standard InChI is InChI=1S/C12H16O3/c1-3-10(12(13)14)8-15-11-7-5-4-6-9(11)2/h4-7,10H,3,8H2,1-2H3,(H,13,14). The van der Waals surface area contributed by atoms with Gasteiger partial charge >= 0.3 is 5.97 Å². The largest absolute Gasteiger partial charge is 0.492 e. The second-order valence-corrected chi connectivity index (χ2v) is 3.52. The third-order valence-electron chi connectivity index (χ3n) is 2.38. The van der Waals surface area contributed by atoms with Crippen molar-refractivity contribution in [3.8, 4) is 5.75 Å². The summed E-state index contributed by atoms with van der Waals surface area (Å²) in [5, 5.41) is 8.84. The molecule has 1 rings (SSSR count). The van der Waals surface area contributed by atoms with Crippen LogP contribution in [0.1, 0.15) is 18.9 Å². The lowest BCUT2D eigenvalue weighted by Crippen LogP contribution is -2.20. The van der Waals surface area contributed by atoms with E-state index in [-0.39, 0.29) is 6.61 Å². The van der Waals surface area contributed by atoms with Gasteiger partial charge in [-0.05, 0) is 25.0 Å². The monoisotopic (exact) mass is 208 g/mol. The zero-order chi connectivity index (χ0) is 11.3. The Bertz CT molecular complexity index is 333. The van der Waals surface area contributed by atoms with E-state index >= 15 is 0 Å². The molecule has 0 aliphatic carbocycles. The van der Waals surface area contributed by atoms with Gasteiger partial charge in [0.15, 0.2) is 0 Å². The summed E-state index contributed by atoms with van der Waals surface area (Å²) in [6, 6.07) is 7.60. The van der Waals surface area contributed by atoms with Gasteiger partial charge < -0.3 is 9.84 Å². The molecule has 3 heteroatoms. The van der Waals surface area contributed by atoms with Crippen LogP contribution in [0, 0.1) is 12.8 Å². The molecule has 0 aromatic heterocycles. The molecule has 0 aliphatic heterocycles. The van der Waals surface area contributed by atoms with E-state index in [1.807, 2.05) is 38.1 Å². The number of carboxylic acids is 1. The number of para-hydroxylation sites is 1. The first-order valence-corrected chi connectivity index (χ1v) is 5.06. The molecule has 0 saturated carbocycles. The minimum absolute atomic E-state index is 0.233. The molecule has 1 atom stereocenters. The molecule has 1 aromatic rings. The molecule has 0 saturated heterocycles. The van der Waals surface area contributed by atoms with Gasteiger partial charge in [0.1, 0.15) is 12.4 Å². The minimum Gasteiger partial charge on any atom is -0.492 e. The first-order valence-electron chi connectivity index (χ1n) is 5.06. The van der Waals surface area contributed by atoms with Crippen LogP contribution in [0.2, 0.25) is 0 Å². The zero-order valence-electron chi connectivity index (χ0n) is 9.06. The number of aliphatic carboxylic acids is 1. The van der Waals surface area contributed by atoms with Crippen LogP contribution in [-0.4, -0.2) is 17.7 Å². The predicted molar refractivity (Wildman–Crippen MR) is 58.1 cm³/mol. The first kappa shape index (κ1) is 11.6. The quantitative estimate of drug-likeness (QED) is 0.808. The summed E-state index contributed by atoms with van der Waals surface area (Å²) >= 11 is 0. The maximum atomic E-state index is 10.8. The number of aryl methyl sites for hydroxylation is 1. The van der Waals surface area contributed by atoms with E-state index < -0.39 is 11.9 Å².